The highest BCUT2D eigenvalue weighted by molar-refractivity contribution is 5.05. The van der Waals surface area contributed by atoms with E-state index in [0.717, 1.165) is 19.3 Å². The number of aliphatic hydroxyl groups is 1. The van der Waals surface area contributed by atoms with Gasteiger partial charge in [-0.05, 0) is 12.8 Å². The van der Waals surface area contributed by atoms with Gasteiger partial charge in [0.15, 0.2) is 5.60 Å². The molecule has 0 aromatic carbocycles. The summed E-state index contributed by atoms with van der Waals surface area (Å²) in [6.07, 6.45) is 4.75. The Kier molecular flexibility index (Phi) is 6.89. The van der Waals surface area contributed by atoms with Crippen LogP contribution in [0.2, 0.25) is 0 Å². The molecular weight excluding hydrogens is 174 g/mol. The molecule has 0 aliphatic rings. The van der Waals surface area contributed by atoms with Crippen molar-refractivity contribution < 1.29 is 5.11 Å². The van der Waals surface area contributed by atoms with Crippen molar-refractivity contribution in [3.63, 3.8) is 0 Å². The van der Waals surface area contributed by atoms with Gasteiger partial charge in [0.25, 0.3) is 0 Å². The van der Waals surface area contributed by atoms with Gasteiger partial charge in [0.2, 0.25) is 0 Å². The standard InChI is InChI=1S/C12H19NO/c1-3-5-6-7-8-9-10-12(14,4-2)11-13/h14H,3-6,9-10H2,1-2H3. The van der Waals surface area contributed by atoms with Crippen LogP contribution in [0.15, 0.2) is 0 Å². The van der Waals surface area contributed by atoms with E-state index in [1.165, 1.54) is 0 Å². The van der Waals surface area contributed by atoms with Crippen LogP contribution in [0.5, 0.6) is 0 Å². The molecule has 78 valence electrons. The van der Waals surface area contributed by atoms with Crippen molar-refractivity contribution in [1.82, 2.24) is 0 Å². The molecule has 0 rings (SSSR count). The minimum atomic E-state index is -1.17. The van der Waals surface area contributed by atoms with E-state index in [-0.39, 0.29) is 0 Å². The number of rotatable bonds is 5. The largest absolute Gasteiger partial charge is 0.375 e. The number of hydrogen-bond acceptors (Lipinski definition) is 2. The highest BCUT2D eigenvalue weighted by atomic mass is 16.3. The third-order valence-electron chi connectivity index (χ3n) is 2.24. The Morgan fingerprint density at radius 3 is 2.36 bits per heavy atom. The van der Waals surface area contributed by atoms with Crippen molar-refractivity contribution in [2.75, 3.05) is 0 Å². The summed E-state index contributed by atoms with van der Waals surface area (Å²) in [6.45, 7) is 3.95. The minimum absolute atomic E-state index is 0.457. The predicted molar refractivity (Wildman–Crippen MR) is 57.4 cm³/mol. The molecule has 1 N–H and O–H groups in total. The van der Waals surface area contributed by atoms with Crippen LogP contribution in [-0.4, -0.2) is 10.7 Å². The van der Waals surface area contributed by atoms with E-state index >= 15 is 0 Å². The SMILES string of the molecule is CCCCC#CCCC(O)(C#N)CC. The molecular formula is C12H19NO. The molecule has 0 fully saturated rings. The summed E-state index contributed by atoms with van der Waals surface area (Å²) in [4.78, 5) is 0. The fourth-order valence-electron chi connectivity index (χ4n) is 1.02. The van der Waals surface area contributed by atoms with E-state index in [0.29, 0.717) is 19.3 Å². The molecule has 0 aliphatic carbocycles. The van der Waals surface area contributed by atoms with E-state index in [4.69, 9.17) is 5.26 Å². The summed E-state index contributed by atoms with van der Waals surface area (Å²) >= 11 is 0. The molecule has 2 nitrogen and oxygen atoms in total. The normalized spacial score (nSPS) is 13.6. The zero-order chi connectivity index (χ0) is 10.9. The van der Waals surface area contributed by atoms with Crippen LogP contribution >= 0.6 is 0 Å². The van der Waals surface area contributed by atoms with Crippen molar-refractivity contribution >= 4 is 0 Å². The topological polar surface area (TPSA) is 44.0 Å². The molecule has 0 heterocycles. The van der Waals surface area contributed by atoms with Gasteiger partial charge in [-0.1, -0.05) is 20.3 Å². The Balaban J connectivity index is 3.71. The molecule has 0 spiro atoms. The molecule has 1 atom stereocenters. The van der Waals surface area contributed by atoms with Gasteiger partial charge in [0.05, 0.1) is 6.07 Å². The van der Waals surface area contributed by atoms with Gasteiger partial charge in [0, 0.05) is 19.3 Å². The highest BCUT2D eigenvalue weighted by Gasteiger charge is 2.22. The van der Waals surface area contributed by atoms with E-state index < -0.39 is 5.60 Å². The minimum Gasteiger partial charge on any atom is -0.375 e. The second kappa shape index (κ2) is 7.42. The van der Waals surface area contributed by atoms with E-state index in [9.17, 15) is 5.11 Å². The third kappa shape index (κ3) is 5.62. The molecule has 14 heavy (non-hydrogen) atoms. The number of unbranched alkanes of at least 4 members (excludes halogenated alkanes) is 2. The van der Waals surface area contributed by atoms with Crippen molar-refractivity contribution in [2.24, 2.45) is 0 Å². The van der Waals surface area contributed by atoms with Gasteiger partial charge in [-0.25, -0.2) is 0 Å². The number of nitriles is 1. The highest BCUT2D eigenvalue weighted by Crippen LogP contribution is 2.15. The quantitative estimate of drug-likeness (QED) is 0.414. The molecule has 0 saturated carbocycles. The Morgan fingerprint density at radius 2 is 1.86 bits per heavy atom. The summed E-state index contributed by atoms with van der Waals surface area (Å²) in [5.41, 5.74) is -1.17. The van der Waals surface area contributed by atoms with Gasteiger partial charge in [0.1, 0.15) is 0 Å². The summed E-state index contributed by atoms with van der Waals surface area (Å²) in [5, 5.41) is 18.3. The fraction of sp³-hybridized carbons (Fsp3) is 0.750. The van der Waals surface area contributed by atoms with Gasteiger partial charge < -0.3 is 5.11 Å². The number of hydrogen-bond donors (Lipinski definition) is 1. The number of nitrogens with zero attached hydrogens (tertiary/aromatic N) is 1. The van der Waals surface area contributed by atoms with Crippen LogP contribution < -0.4 is 0 Å². The monoisotopic (exact) mass is 193 g/mol. The van der Waals surface area contributed by atoms with Crippen LogP contribution in [0.3, 0.4) is 0 Å². The van der Waals surface area contributed by atoms with Gasteiger partial charge in [-0.3, -0.25) is 0 Å². The van der Waals surface area contributed by atoms with Gasteiger partial charge in [-0.15, -0.1) is 11.8 Å². The predicted octanol–water partition coefficient (Wildman–Crippen LogP) is 2.62. The van der Waals surface area contributed by atoms with Crippen LogP contribution in [0.25, 0.3) is 0 Å². The molecule has 0 bridgehead atoms. The maximum atomic E-state index is 9.60. The van der Waals surface area contributed by atoms with Crippen molar-refractivity contribution in [1.29, 1.82) is 5.26 Å². The Bertz CT molecular complexity index is 243. The lowest BCUT2D eigenvalue weighted by Crippen LogP contribution is -2.24. The Morgan fingerprint density at radius 1 is 1.21 bits per heavy atom. The van der Waals surface area contributed by atoms with Crippen molar-refractivity contribution in [2.45, 2.75) is 58.0 Å². The lowest BCUT2D eigenvalue weighted by Gasteiger charge is -2.15. The van der Waals surface area contributed by atoms with E-state index in [2.05, 4.69) is 18.8 Å². The molecule has 0 aliphatic heterocycles. The van der Waals surface area contributed by atoms with Crippen LogP contribution in [0, 0.1) is 23.2 Å². The maximum Gasteiger partial charge on any atom is 0.151 e. The first-order valence-corrected chi connectivity index (χ1v) is 5.28. The van der Waals surface area contributed by atoms with Crippen molar-refractivity contribution in [3.8, 4) is 17.9 Å². The summed E-state index contributed by atoms with van der Waals surface area (Å²) in [7, 11) is 0. The molecule has 2 heteroatoms. The molecule has 0 aromatic rings. The first-order valence-electron chi connectivity index (χ1n) is 5.28. The van der Waals surface area contributed by atoms with Crippen LogP contribution in [0.4, 0.5) is 0 Å². The maximum absolute atomic E-state index is 9.60. The lowest BCUT2D eigenvalue weighted by molar-refractivity contribution is 0.0870. The zero-order valence-electron chi connectivity index (χ0n) is 9.14. The van der Waals surface area contributed by atoms with Crippen molar-refractivity contribution in [3.05, 3.63) is 0 Å². The Hall–Kier alpha value is -0.990. The van der Waals surface area contributed by atoms with Gasteiger partial charge in [-0.2, -0.15) is 5.26 Å². The smallest absolute Gasteiger partial charge is 0.151 e. The average Bonchev–Trinajstić information content (AvgIpc) is 2.23. The second-order valence-electron chi connectivity index (χ2n) is 3.45. The first-order chi connectivity index (χ1) is 6.68. The van der Waals surface area contributed by atoms with E-state index in [1.54, 1.807) is 0 Å². The fourth-order valence-corrected chi connectivity index (χ4v) is 1.02. The summed E-state index contributed by atoms with van der Waals surface area (Å²) in [6, 6.07) is 1.92. The summed E-state index contributed by atoms with van der Waals surface area (Å²) < 4.78 is 0. The zero-order valence-corrected chi connectivity index (χ0v) is 9.14. The first kappa shape index (κ1) is 13.0. The Labute approximate surface area is 86.9 Å². The molecule has 0 saturated heterocycles. The molecule has 1 unspecified atom stereocenters. The molecule has 0 aromatic heterocycles. The summed E-state index contributed by atoms with van der Waals surface area (Å²) in [5.74, 6) is 6.02. The van der Waals surface area contributed by atoms with Gasteiger partial charge >= 0.3 is 0 Å². The van der Waals surface area contributed by atoms with Crippen LogP contribution in [-0.2, 0) is 0 Å². The third-order valence-corrected chi connectivity index (χ3v) is 2.24. The van der Waals surface area contributed by atoms with Crippen LogP contribution in [0.1, 0.15) is 52.4 Å². The average molecular weight is 193 g/mol. The molecule has 0 amide bonds. The second-order valence-corrected chi connectivity index (χ2v) is 3.45. The lowest BCUT2D eigenvalue weighted by atomic mass is 9.97. The van der Waals surface area contributed by atoms with E-state index in [1.807, 2.05) is 13.0 Å². The molecule has 0 radical (unpaired) electrons.